The van der Waals surface area contributed by atoms with Crippen molar-refractivity contribution in [2.24, 2.45) is 0 Å². The number of thiazole rings is 1. The van der Waals surface area contributed by atoms with E-state index in [0.29, 0.717) is 5.13 Å². The van der Waals surface area contributed by atoms with Gasteiger partial charge in [0.15, 0.2) is 5.13 Å². The van der Waals surface area contributed by atoms with Gasteiger partial charge in [-0.15, -0.1) is 11.3 Å². The van der Waals surface area contributed by atoms with Gasteiger partial charge in [0, 0.05) is 23.1 Å². The van der Waals surface area contributed by atoms with Crippen molar-refractivity contribution in [1.82, 2.24) is 4.98 Å². The maximum atomic E-state index is 12.5. The van der Waals surface area contributed by atoms with E-state index in [1.165, 1.54) is 23.5 Å². The molecule has 0 bridgehead atoms. The third-order valence-corrected chi connectivity index (χ3v) is 5.49. The van der Waals surface area contributed by atoms with E-state index in [2.05, 4.69) is 22.4 Å². The van der Waals surface area contributed by atoms with Crippen LogP contribution >= 0.6 is 22.9 Å². The summed E-state index contributed by atoms with van der Waals surface area (Å²) in [6.45, 7) is 0. The minimum Gasteiger partial charge on any atom is -0.298 e. The Kier molecular flexibility index (Phi) is 5.56. The molecule has 0 aliphatic carbocycles. The van der Waals surface area contributed by atoms with Crippen molar-refractivity contribution in [3.63, 3.8) is 0 Å². The number of rotatable bonds is 5. The summed E-state index contributed by atoms with van der Waals surface area (Å²) in [5.74, 6) is -0.477. The number of anilines is 1. The number of hydrogen-bond donors (Lipinski definition) is 1. The summed E-state index contributed by atoms with van der Waals surface area (Å²) in [6, 6.07) is 21.8. The Hall–Kier alpha value is -3.55. The van der Waals surface area contributed by atoms with E-state index >= 15 is 0 Å². The third kappa shape index (κ3) is 4.22. The highest BCUT2D eigenvalue weighted by Crippen LogP contribution is 2.29. The fraction of sp³-hybridized carbons (Fsp3) is 0. The molecule has 4 rings (SSSR count). The maximum absolute atomic E-state index is 12.5. The lowest BCUT2D eigenvalue weighted by Crippen LogP contribution is -2.12. The first kappa shape index (κ1) is 19.8. The monoisotopic (exact) mass is 435 g/mol. The van der Waals surface area contributed by atoms with Crippen LogP contribution in [-0.2, 0) is 0 Å². The van der Waals surface area contributed by atoms with Crippen molar-refractivity contribution in [2.75, 3.05) is 5.32 Å². The summed E-state index contributed by atoms with van der Waals surface area (Å²) in [5, 5.41) is 15.8. The quantitative estimate of drug-likeness (QED) is 0.295. The molecule has 30 heavy (non-hydrogen) atoms. The van der Waals surface area contributed by atoms with Crippen LogP contribution in [0.4, 0.5) is 10.8 Å². The van der Waals surface area contributed by atoms with E-state index in [1.54, 1.807) is 0 Å². The Labute approximate surface area is 180 Å². The highest BCUT2D eigenvalue weighted by Gasteiger charge is 2.16. The van der Waals surface area contributed by atoms with Crippen molar-refractivity contribution in [3.8, 4) is 22.4 Å². The third-order valence-electron chi connectivity index (χ3n) is 4.42. The number of nitro groups is 1. The van der Waals surface area contributed by atoms with E-state index in [4.69, 9.17) is 11.6 Å². The molecule has 0 saturated heterocycles. The summed E-state index contributed by atoms with van der Waals surface area (Å²) >= 11 is 7.31. The van der Waals surface area contributed by atoms with Gasteiger partial charge in [0.05, 0.1) is 21.2 Å². The lowest BCUT2D eigenvalue weighted by atomic mass is 10.0. The van der Waals surface area contributed by atoms with Crippen molar-refractivity contribution < 1.29 is 9.72 Å². The molecular formula is C22H14ClN3O3S. The summed E-state index contributed by atoms with van der Waals surface area (Å²) in [4.78, 5) is 27.2. The molecule has 1 amide bonds. The van der Waals surface area contributed by atoms with Gasteiger partial charge in [-0.1, -0.05) is 66.2 Å². The Morgan fingerprint density at radius 2 is 1.63 bits per heavy atom. The molecule has 0 atom stereocenters. The molecule has 0 radical (unpaired) electrons. The molecule has 0 aliphatic rings. The summed E-state index contributed by atoms with van der Waals surface area (Å²) in [7, 11) is 0. The minimum absolute atomic E-state index is 0.00924. The molecule has 0 fully saturated rings. The summed E-state index contributed by atoms with van der Waals surface area (Å²) in [6.07, 6.45) is 0. The van der Waals surface area contributed by atoms with E-state index < -0.39 is 10.8 Å². The van der Waals surface area contributed by atoms with Crippen LogP contribution in [0.25, 0.3) is 22.4 Å². The van der Waals surface area contributed by atoms with Gasteiger partial charge in [-0.05, 0) is 17.2 Å². The van der Waals surface area contributed by atoms with E-state index in [1.807, 2.05) is 47.8 Å². The number of halogens is 1. The fourth-order valence-corrected chi connectivity index (χ4v) is 3.87. The zero-order valence-electron chi connectivity index (χ0n) is 15.4. The second kappa shape index (κ2) is 8.44. The number of aromatic nitrogens is 1. The molecule has 0 unspecified atom stereocenters. The maximum Gasteiger partial charge on any atom is 0.270 e. The smallest absolute Gasteiger partial charge is 0.270 e. The Morgan fingerprint density at radius 1 is 0.967 bits per heavy atom. The molecule has 1 aromatic heterocycles. The average molecular weight is 436 g/mol. The first-order chi connectivity index (χ1) is 14.5. The Morgan fingerprint density at radius 3 is 2.30 bits per heavy atom. The molecule has 0 aliphatic heterocycles. The fourth-order valence-electron chi connectivity index (χ4n) is 2.89. The average Bonchev–Trinajstić information content (AvgIpc) is 3.22. The van der Waals surface area contributed by atoms with Crippen molar-refractivity contribution in [1.29, 1.82) is 0 Å². The number of nitro benzene ring substituents is 1. The van der Waals surface area contributed by atoms with Crippen LogP contribution in [-0.4, -0.2) is 15.8 Å². The van der Waals surface area contributed by atoms with Crippen LogP contribution < -0.4 is 5.32 Å². The number of carbonyl (C=O) groups is 1. The largest absolute Gasteiger partial charge is 0.298 e. The van der Waals surface area contributed by atoms with Crippen LogP contribution in [0.1, 0.15) is 10.4 Å². The van der Waals surface area contributed by atoms with Crippen LogP contribution in [0, 0.1) is 10.1 Å². The van der Waals surface area contributed by atoms with Gasteiger partial charge >= 0.3 is 0 Å². The molecule has 148 valence electrons. The standard InChI is InChI=1S/C22H14ClN3O3S/c23-19-12-17(26(28)29)10-11-18(19)21(27)25-22-24-20(13-30-22)16-8-6-15(7-9-16)14-4-2-1-3-5-14/h1-13H,(H,24,25,27). The van der Waals surface area contributed by atoms with Gasteiger partial charge < -0.3 is 0 Å². The van der Waals surface area contributed by atoms with Gasteiger partial charge in [0.1, 0.15) is 0 Å². The zero-order chi connectivity index (χ0) is 21.1. The second-order valence-corrected chi connectivity index (χ2v) is 7.62. The molecule has 6 nitrogen and oxygen atoms in total. The summed E-state index contributed by atoms with van der Waals surface area (Å²) < 4.78 is 0. The SMILES string of the molecule is O=C(Nc1nc(-c2ccc(-c3ccccc3)cc2)cs1)c1ccc([N+](=O)[O-])cc1Cl. The Balaban J connectivity index is 1.49. The minimum atomic E-state index is -0.566. The van der Waals surface area contributed by atoms with Crippen molar-refractivity contribution in [3.05, 3.63) is 98.9 Å². The number of benzene rings is 3. The molecule has 0 saturated carbocycles. The first-order valence-corrected chi connectivity index (χ1v) is 10.1. The molecular weight excluding hydrogens is 422 g/mol. The Bertz CT molecular complexity index is 1220. The lowest BCUT2D eigenvalue weighted by molar-refractivity contribution is -0.384. The summed E-state index contributed by atoms with van der Waals surface area (Å²) in [5.41, 5.74) is 3.88. The number of carbonyl (C=O) groups excluding carboxylic acids is 1. The van der Waals surface area contributed by atoms with Crippen molar-refractivity contribution >= 4 is 39.7 Å². The topological polar surface area (TPSA) is 85.1 Å². The highest BCUT2D eigenvalue weighted by atomic mass is 35.5. The lowest BCUT2D eigenvalue weighted by Gasteiger charge is -2.04. The predicted molar refractivity (Wildman–Crippen MR) is 119 cm³/mol. The molecule has 4 aromatic rings. The van der Waals surface area contributed by atoms with Crippen LogP contribution in [0.15, 0.2) is 78.2 Å². The van der Waals surface area contributed by atoms with Gasteiger partial charge in [0.25, 0.3) is 11.6 Å². The molecule has 1 heterocycles. The van der Waals surface area contributed by atoms with Gasteiger partial charge in [-0.3, -0.25) is 20.2 Å². The van der Waals surface area contributed by atoms with E-state index in [0.717, 1.165) is 28.5 Å². The molecule has 8 heteroatoms. The van der Waals surface area contributed by atoms with Crippen LogP contribution in [0.2, 0.25) is 5.02 Å². The number of nitrogens with zero attached hydrogens (tertiary/aromatic N) is 2. The second-order valence-electron chi connectivity index (χ2n) is 6.36. The molecule has 3 aromatic carbocycles. The van der Waals surface area contributed by atoms with Gasteiger partial charge in [0.2, 0.25) is 0 Å². The number of hydrogen-bond acceptors (Lipinski definition) is 5. The van der Waals surface area contributed by atoms with Gasteiger partial charge in [-0.2, -0.15) is 0 Å². The first-order valence-electron chi connectivity index (χ1n) is 8.88. The molecule has 1 N–H and O–H groups in total. The number of non-ortho nitro benzene ring substituents is 1. The zero-order valence-corrected chi connectivity index (χ0v) is 17.0. The number of nitrogens with one attached hydrogen (secondary N) is 1. The van der Waals surface area contributed by atoms with Gasteiger partial charge in [-0.25, -0.2) is 4.98 Å². The molecule has 0 spiro atoms. The highest BCUT2D eigenvalue weighted by molar-refractivity contribution is 7.14. The number of amides is 1. The van der Waals surface area contributed by atoms with Crippen molar-refractivity contribution in [2.45, 2.75) is 0 Å². The van der Waals surface area contributed by atoms with Crippen LogP contribution in [0.5, 0.6) is 0 Å². The normalized spacial score (nSPS) is 10.6. The van der Waals surface area contributed by atoms with Crippen LogP contribution in [0.3, 0.4) is 0 Å². The van der Waals surface area contributed by atoms with E-state index in [-0.39, 0.29) is 16.3 Å². The van der Waals surface area contributed by atoms with E-state index in [9.17, 15) is 14.9 Å². The predicted octanol–water partition coefficient (Wildman–Crippen LogP) is 6.29.